The van der Waals surface area contributed by atoms with Gasteiger partial charge >= 0.3 is 12.1 Å². The summed E-state index contributed by atoms with van der Waals surface area (Å²) in [5.41, 5.74) is -0.137. The van der Waals surface area contributed by atoms with Gasteiger partial charge in [-0.05, 0) is 31.2 Å². The lowest BCUT2D eigenvalue weighted by Crippen LogP contribution is -2.61. The molecule has 4 atom stereocenters. The van der Waals surface area contributed by atoms with Crippen LogP contribution >= 0.6 is 0 Å². The summed E-state index contributed by atoms with van der Waals surface area (Å²) in [7, 11) is -1.67. The number of carbonyl (C=O) groups is 2. The zero-order chi connectivity index (χ0) is 23.2. The topological polar surface area (TPSA) is 84.9 Å². The Kier molecular flexibility index (Phi) is 8.71. The number of nitrogens with one attached hydrogen (secondary N) is 1. The first kappa shape index (κ1) is 25.4. The lowest BCUT2D eigenvalue weighted by molar-refractivity contribution is -0.159. The molecule has 2 rings (SSSR count). The lowest BCUT2D eigenvalue weighted by atomic mass is 9.60. The summed E-state index contributed by atoms with van der Waals surface area (Å²) in [4.78, 5) is 25.3. The minimum Gasteiger partial charge on any atom is -0.481 e. The van der Waals surface area contributed by atoms with E-state index in [0.29, 0.717) is 19.6 Å². The third-order valence-corrected chi connectivity index (χ3v) is 9.40. The molecule has 0 saturated heterocycles. The summed E-state index contributed by atoms with van der Waals surface area (Å²) in [6.07, 6.45) is 1.61. The van der Waals surface area contributed by atoms with Crippen LogP contribution in [0.3, 0.4) is 0 Å². The quantitative estimate of drug-likeness (QED) is 0.513. The molecule has 31 heavy (non-hydrogen) atoms. The highest BCUT2D eigenvalue weighted by atomic mass is 28.3. The highest BCUT2D eigenvalue weighted by Crippen LogP contribution is 2.45. The van der Waals surface area contributed by atoms with Crippen molar-refractivity contribution in [2.75, 3.05) is 6.61 Å². The van der Waals surface area contributed by atoms with Crippen LogP contribution < -0.4 is 5.32 Å². The SMILES string of the molecule is CC(C)C1(C(=O)O)CCCC(COCc2ccccc2)C1NC(=O)OC(C)[Si](C)(C)C. The van der Waals surface area contributed by atoms with Gasteiger partial charge < -0.3 is 19.9 Å². The molecule has 174 valence electrons. The Balaban J connectivity index is 2.19. The third-order valence-electron chi connectivity index (χ3n) is 6.84. The number of carbonyl (C=O) groups excluding carboxylic acids is 1. The predicted octanol–water partition coefficient (Wildman–Crippen LogP) is 5.09. The van der Waals surface area contributed by atoms with Crippen LogP contribution in [0.2, 0.25) is 19.6 Å². The zero-order valence-corrected chi connectivity index (χ0v) is 20.8. The van der Waals surface area contributed by atoms with Gasteiger partial charge in [-0.15, -0.1) is 0 Å². The average molecular weight is 450 g/mol. The van der Waals surface area contributed by atoms with Crippen molar-refractivity contribution >= 4 is 20.1 Å². The van der Waals surface area contributed by atoms with E-state index < -0.39 is 31.6 Å². The van der Waals surface area contributed by atoms with Crippen LogP contribution in [0.25, 0.3) is 0 Å². The fourth-order valence-corrected chi connectivity index (χ4v) is 4.82. The van der Waals surface area contributed by atoms with Gasteiger partial charge in [-0.2, -0.15) is 0 Å². The average Bonchev–Trinajstić information content (AvgIpc) is 2.68. The van der Waals surface area contributed by atoms with Crippen molar-refractivity contribution in [2.24, 2.45) is 17.3 Å². The molecule has 1 amide bonds. The molecule has 0 radical (unpaired) electrons. The molecular formula is C24H39NO5Si. The molecule has 1 aliphatic carbocycles. The molecule has 1 aromatic rings. The van der Waals surface area contributed by atoms with Gasteiger partial charge in [0, 0.05) is 5.92 Å². The monoisotopic (exact) mass is 449 g/mol. The lowest BCUT2D eigenvalue weighted by Gasteiger charge is -2.47. The number of carboxylic acid groups (broad SMARTS) is 1. The van der Waals surface area contributed by atoms with Gasteiger partial charge in [0.25, 0.3) is 0 Å². The second-order valence-electron chi connectivity index (χ2n) is 10.2. The standard InChI is InChI=1S/C24H39NO5Si/c1-17(2)24(22(26)27)14-10-13-20(16-29-15-19-11-8-7-9-12-19)21(24)25-23(28)30-18(3)31(4,5)6/h7-9,11-12,17-18,20-21H,10,13-16H2,1-6H3,(H,25,28)(H,26,27). The molecule has 4 unspecified atom stereocenters. The van der Waals surface area contributed by atoms with E-state index in [4.69, 9.17) is 9.47 Å². The Morgan fingerprint density at radius 1 is 1.19 bits per heavy atom. The summed E-state index contributed by atoms with van der Waals surface area (Å²) in [5.74, 6) is -1.09. The van der Waals surface area contributed by atoms with Crippen molar-refractivity contribution in [3.63, 3.8) is 0 Å². The molecule has 1 aliphatic rings. The highest BCUT2D eigenvalue weighted by molar-refractivity contribution is 6.77. The molecule has 0 spiro atoms. The fourth-order valence-electron chi connectivity index (χ4n) is 4.36. The van der Waals surface area contributed by atoms with Crippen LogP contribution in [-0.2, 0) is 20.9 Å². The summed E-state index contributed by atoms with van der Waals surface area (Å²) >= 11 is 0. The van der Waals surface area contributed by atoms with Gasteiger partial charge in [-0.1, -0.05) is 70.2 Å². The first-order valence-corrected chi connectivity index (χ1v) is 14.9. The Morgan fingerprint density at radius 3 is 2.39 bits per heavy atom. The second-order valence-corrected chi connectivity index (χ2v) is 15.7. The van der Waals surface area contributed by atoms with E-state index in [-0.39, 0.29) is 17.6 Å². The van der Waals surface area contributed by atoms with E-state index in [0.717, 1.165) is 18.4 Å². The van der Waals surface area contributed by atoms with Crippen LogP contribution in [0.1, 0.15) is 45.6 Å². The van der Waals surface area contributed by atoms with E-state index in [9.17, 15) is 14.7 Å². The first-order valence-electron chi connectivity index (χ1n) is 11.3. The highest BCUT2D eigenvalue weighted by Gasteiger charge is 2.54. The number of aliphatic carboxylic acids is 1. The van der Waals surface area contributed by atoms with Crippen molar-refractivity contribution in [2.45, 2.75) is 78.1 Å². The van der Waals surface area contributed by atoms with Gasteiger partial charge in [-0.3, -0.25) is 4.79 Å². The summed E-state index contributed by atoms with van der Waals surface area (Å²) in [6.45, 7) is 13.0. The van der Waals surface area contributed by atoms with Gasteiger partial charge in [-0.25, -0.2) is 4.79 Å². The molecule has 7 heteroatoms. The predicted molar refractivity (Wildman–Crippen MR) is 125 cm³/mol. The normalized spacial score (nSPS) is 25.1. The minimum atomic E-state index is -1.67. The van der Waals surface area contributed by atoms with Gasteiger partial charge in [0.05, 0.1) is 38.5 Å². The largest absolute Gasteiger partial charge is 0.481 e. The second kappa shape index (κ2) is 10.6. The smallest absolute Gasteiger partial charge is 0.407 e. The number of ether oxygens (including phenoxy) is 2. The molecule has 1 saturated carbocycles. The van der Waals surface area contributed by atoms with Crippen LogP contribution in [0.15, 0.2) is 30.3 Å². The molecule has 2 N–H and O–H groups in total. The summed E-state index contributed by atoms with van der Waals surface area (Å²) in [5, 5.41) is 13.2. The van der Waals surface area contributed by atoms with Crippen LogP contribution in [0.4, 0.5) is 4.79 Å². The Morgan fingerprint density at radius 2 is 1.84 bits per heavy atom. The third kappa shape index (κ3) is 6.32. The van der Waals surface area contributed by atoms with Crippen molar-refractivity contribution < 1.29 is 24.2 Å². The zero-order valence-electron chi connectivity index (χ0n) is 19.8. The van der Waals surface area contributed by atoms with Crippen molar-refractivity contribution in [1.29, 1.82) is 0 Å². The Bertz CT molecular complexity index is 733. The fraction of sp³-hybridized carbons (Fsp3) is 0.667. The van der Waals surface area contributed by atoms with Gasteiger partial charge in [0.15, 0.2) is 0 Å². The number of hydrogen-bond acceptors (Lipinski definition) is 4. The van der Waals surface area contributed by atoms with Crippen molar-refractivity contribution in [3.8, 4) is 0 Å². The maximum absolute atomic E-state index is 12.8. The maximum atomic E-state index is 12.8. The maximum Gasteiger partial charge on any atom is 0.407 e. The van der Waals surface area contributed by atoms with Crippen molar-refractivity contribution in [1.82, 2.24) is 5.32 Å². The number of benzene rings is 1. The van der Waals surface area contributed by atoms with Crippen molar-refractivity contribution in [3.05, 3.63) is 35.9 Å². The molecule has 6 nitrogen and oxygen atoms in total. The Labute approximate surface area is 187 Å². The van der Waals surface area contributed by atoms with Crippen LogP contribution in [0.5, 0.6) is 0 Å². The number of amides is 1. The van der Waals surface area contributed by atoms with Gasteiger partial charge in [0.1, 0.15) is 0 Å². The molecule has 1 aromatic carbocycles. The summed E-state index contributed by atoms with van der Waals surface area (Å²) in [6, 6.07) is 9.35. The minimum absolute atomic E-state index is 0.0919. The summed E-state index contributed by atoms with van der Waals surface area (Å²) < 4.78 is 11.7. The number of alkyl carbamates (subject to hydrolysis) is 1. The van der Waals surface area contributed by atoms with Gasteiger partial charge in [0.2, 0.25) is 0 Å². The molecular weight excluding hydrogens is 410 g/mol. The molecule has 1 fully saturated rings. The van der Waals surface area contributed by atoms with E-state index in [1.165, 1.54) is 0 Å². The number of rotatable bonds is 9. The molecule has 0 heterocycles. The van der Waals surface area contributed by atoms with E-state index >= 15 is 0 Å². The van der Waals surface area contributed by atoms with E-state index in [1.807, 2.05) is 51.1 Å². The van der Waals surface area contributed by atoms with E-state index in [2.05, 4.69) is 25.0 Å². The van der Waals surface area contributed by atoms with E-state index in [1.54, 1.807) is 0 Å². The first-order chi connectivity index (χ1) is 14.5. The van der Waals surface area contributed by atoms with Crippen LogP contribution in [-0.4, -0.2) is 43.6 Å². The Hall–Kier alpha value is -1.86. The molecule has 0 aliphatic heterocycles. The molecule has 0 bridgehead atoms. The van der Waals surface area contributed by atoms with Crippen LogP contribution in [0, 0.1) is 17.3 Å². The molecule has 0 aromatic heterocycles. The number of hydrogen-bond donors (Lipinski definition) is 2. The number of carboxylic acids is 1.